The van der Waals surface area contributed by atoms with E-state index in [9.17, 15) is 9.59 Å². The van der Waals surface area contributed by atoms with Gasteiger partial charge in [0.05, 0.1) is 24.0 Å². The van der Waals surface area contributed by atoms with E-state index >= 15 is 0 Å². The van der Waals surface area contributed by atoms with E-state index in [4.69, 9.17) is 9.47 Å². The Bertz CT molecular complexity index is 1500. The van der Waals surface area contributed by atoms with Gasteiger partial charge in [-0.25, -0.2) is 0 Å². The summed E-state index contributed by atoms with van der Waals surface area (Å²) < 4.78 is 10.6. The van der Waals surface area contributed by atoms with Crippen LogP contribution in [0.25, 0.3) is 22.3 Å². The van der Waals surface area contributed by atoms with Gasteiger partial charge in [0.15, 0.2) is 0 Å². The maximum atomic E-state index is 14.0. The summed E-state index contributed by atoms with van der Waals surface area (Å²) in [6.45, 7) is 4.06. The van der Waals surface area contributed by atoms with Gasteiger partial charge < -0.3 is 9.47 Å². The molecule has 5 aromatic rings. The van der Waals surface area contributed by atoms with E-state index in [1.165, 1.54) is 11.3 Å². The second kappa shape index (κ2) is 11.1. The summed E-state index contributed by atoms with van der Waals surface area (Å²) in [5.74, 6) is 1.07. The van der Waals surface area contributed by atoms with Crippen molar-refractivity contribution in [1.29, 1.82) is 0 Å². The van der Waals surface area contributed by atoms with Gasteiger partial charge in [0, 0.05) is 22.3 Å². The monoisotopic (exact) mass is 532 g/mol. The molecule has 0 aliphatic carbocycles. The van der Waals surface area contributed by atoms with E-state index < -0.39 is 0 Å². The van der Waals surface area contributed by atoms with Gasteiger partial charge in [-0.15, -0.1) is 11.3 Å². The highest BCUT2D eigenvalue weighted by Crippen LogP contribution is 2.45. The predicted octanol–water partition coefficient (Wildman–Crippen LogP) is 8.18. The molecule has 0 amide bonds. The first-order valence-corrected chi connectivity index (χ1v) is 13.4. The van der Waals surface area contributed by atoms with Crippen molar-refractivity contribution in [2.24, 2.45) is 0 Å². The maximum Gasteiger partial charge on any atom is 0.203 e. The Hall–Kier alpha value is -4.48. The van der Waals surface area contributed by atoms with Crippen LogP contribution in [0.1, 0.15) is 41.6 Å². The zero-order chi connectivity index (χ0) is 27.5. The first-order valence-electron chi connectivity index (χ1n) is 12.6. The molecular formula is C34H28O4S. The van der Waals surface area contributed by atoms with Gasteiger partial charge in [-0.2, -0.15) is 0 Å². The van der Waals surface area contributed by atoms with Crippen molar-refractivity contribution in [3.8, 4) is 33.8 Å². The smallest absolute Gasteiger partial charge is 0.203 e. The number of carbonyl (C=O) groups is 2. The van der Waals surface area contributed by atoms with E-state index in [1.807, 2.05) is 62.4 Å². The molecule has 0 bridgehead atoms. The summed E-state index contributed by atoms with van der Waals surface area (Å²) in [5, 5.41) is 0. The predicted molar refractivity (Wildman–Crippen MR) is 158 cm³/mol. The number of aryl methyl sites for hydroxylation is 2. The van der Waals surface area contributed by atoms with Crippen LogP contribution in [0.5, 0.6) is 11.5 Å². The minimum absolute atomic E-state index is 0.139. The lowest BCUT2D eigenvalue weighted by Crippen LogP contribution is -2.01. The summed E-state index contributed by atoms with van der Waals surface area (Å²) in [6.07, 6.45) is 0. The molecule has 39 heavy (non-hydrogen) atoms. The molecule has 4 nitrogen and oxygen atoms in total. The van der Waals surface area contributed by atoms with Gasteiger partial charge in [0.25, 0.3) is 0 Å². The number of benzene rings is 4. The molecule has 1 aromatic heterocycles. The Labute approximate surface area is 232 Å². The molecule has 4 aromatic carbocycles. The molecule has 0 saturated heterocycles. The Morgan fingerprint density at radius 2 is 0.846 bits per heavy atom. The molecule has 0 atom stereocenters. The van der Waals surface area contributed by atoms with Gasteiger partial charge >= 0.3 is 0 Å². The summed E-state index contributed by atoms with van der Waals surface area (Å²) in [4.78, 5) is 29.1. The lowest BCUT2D eigenvalue weighted by atomic mass is 9.90. The molecule has 1 heterocycles. The standard InChI is InChI=1S/C34H28O4S/c1-21-5-9-23(10-6-21)29-30(24-11-7-22(2)8-12-24)34(32(36)26-15-19-28(38-4)20-16-26)39-33(29)31(35)25-13-17-27(37-3)18-14-25/h5-20H,1-4H3. The number of hydrogen-bond donors (Lipinski definition) is 0. The molecule has 0 radical (unpaired) electrons. The third-order valence-electron chi connectivity index (χ3n) is 6.71. The van der Waals surface area contributed by atoms with Crippen LogP contribution in [0, 0.1) is 13.8 Å². The second-order valence-corrected chi connectivity index (χ2v) is 10.4. The highest BCUT2D eigenvalue weighted by Gasteiger charge is 2.29. The molecule has 5 rings (SSSR count). The Kier molecular flexibility index (Phi) is 7.44. The van der Waals surface area contributed by atoms with E-state index in [0.717, 1.165) is 33.4 Å². The quantitative estimate of drug-likeness (QED) is 0.189. The molecule has 0 fully saturated rings. The molecule has 0 aliphatic heterocycles. The number of rotatable bonds is 8. The van der Waals surface area contributed by atoms with Gasteiger partial charge in [-0.3, -0.25) is 9.59 Å². The van der Waals surface area contributed by atoms with Crippen LogP contribution in [-0.2, 0) is 0 Å². The van der Waals surface area contributed by atoms with E-state index in [2.05, 4.69) is 0 Å². The zero-order valence-electron chi connectivity index (χ0n) is 22.3. The van der Waals surface area contributed by atoms with Crippen LogP contribution < -0.4 is 9.47 Å². The molecule has 5 heteroatoms. The molecule has 194 valence electrons. The first-order chi connectivity index (χ1) is 18.9. The number of methoxy groups -OCH3 is 2. The normalized spacial score (nSPS) is 10.8. The summed E-state index contributed by atoms with van der Waals surface area (Å²) in [5.41, 5.74) is 6.60. The number of ether oxygens (including phenoxy) is 2. The van der Waals surface area contributed by atoms with Crippen molar-refractivity contribution < 1.29 is 19.1 Å². The van der Waals surface area contributed by atoms with Gasteiger partial charge in [-0.05, 0) is 73.5 Å². The van der Waals surface area contributed by atoms with Crippen molar-refractivity contribution in [1.82, 2.24) is 0 Å². The fourth-order valence-corrected chi connectivity index (χ4v) is 5.76. The van der Waals surface area contributed by atoms with Crippen molar-refractivity contribution >= 4 is 22.9 Å². The molecule has 0 N–H and O–H groups in total. The molecule has 0 saturated carbocycles. The van der Waals surface area contributed by atoms with Crippen LogP contribution in [0.2, 0.25) is 0 Å². The number of carbonyl (C=O) groups excluding carboxylic acids is 2. The zero-order valence-corrected chi connectivity index (χ0v) is 23.1. The third-order valence-corrected chi connectivity index (χ3v) is 7.89. The maximum absolute atomic E-state index is 14.0. The van der Waals surface area contributed by atoms with Crippen LogP contribution in [-0.4, -0.2) is 25.8 Å². The highest BCUT2D eigenvalue weighted by atomic mass is 32.1. The summed E-state index contributed by atoms with van der Waals surface area (Å²) in [7, 11) is 3.19. The lowest BCUT2D eigenvalue weighted by Gasteiger charge is -2.11. The van der Waals surface area contributed by atoms with Crippen LogP contribution in [0.4, 0.5) is 0 Å². The third kappa shape index (κ3) is 5.27. The number of thiophene rings is 1. The first kappa shape index (κ1) is 26.1. The van der Waals surface area contributed by atoms with Crippen LogP contribution >= 0.6 is 11.3 Å². The Balaban J connectivity index is 1.78. The van der Waals surface area contributed by atoms with Gasteiger partial charge in [-0.1, -0.05) is 59.7 Å². The minimum atomic E-state index is -0.139. The van der Waals surface area contributed by atoms with Crippen molar-refractivity contribution in [3.05, 3.63) is 129 Å². The molecular weight excluding hydrogens is 504 g/mol. The van der Waals surface area contributed by atoms with E-state index in [0.29, 0.717) is 32.4 Å². The fourth-order valence-electron chi connectivity index (χ4n) is 4.49. The van der Waals surface area contributed by atoms with Gasteiger partial charge in [0.1, 0.15) is 11.5 Å². The molecule has 0 aliphatic rings. The highest BCUT2D eigenvalue weighted by molar-refractivity contribution is 7.17. The Morgan fingerprint density at radius 3 is 1.15 bits per heavy atom. The topological polar surface area (TPSA) is 52.6 Å². The molecule has 0 unspecified atom stereocenters. The minimum Gasteiger partial charge on any atom is -0.497 e. The van der Waals surface area contributed by atoms with Crippen molar-refractivity contribution in [2.45, 2.75) is 13.8 Å². The average molecular weight is 533 g/mol. The van der Waals surface area contributed by atoms with Crippen molar-refractivity contribution in [3.63, 3.8) is 0 Å². The second-order valence-electron chi connectivity index (χ2n) is 9.36. The Morgan fingerprint density at radius 1 is 0.513 bits per heavy atom. The number of ketones is 2. The van der Waals surface area contributed by atoms with E-state index in [1.54, 1.807) is 62.8 Å². The lowest BCUT2D eigenvalue weighted by molar-refractivity contribution is 0.103. The fraction of sp³-hybridized carbons (Fsp3) is 0.118. The van der Waals surface area contributed by atoms with Crippen LogP contribution in [0.15, 0.2) is 97.1 Å². The van der Waals surface area contributed by atoms with Crippen LogP contribution in [0.3, 0.4) is 0 Å². The average Bonchev–Trinajstić information content (AvgIpc) is 3.38. The molecule has 0 spiro atoms. The van der Waals surface area contributed by atoms with E-state index in [-0.39, 0.29) is 11.6 Å². The summed E-state index contributed by atoms with van der Waals surface area (Å²) in [6, 6.07) is 30.3. The summed E-state index contributed by atoms with van der Waals surface area (Å²) >= 11 is 1.25. The van der Waals surface area contributed by atoms with Gasteiger partial charge in [0.2, 0.25) is 11.6 Å². The van der Waals surface area contributed by atoms with Crippen molar-refractivity contribution in [2.75, 3.05) is 14.2 Å². The largest absolute Gasteiger partial charge is 0.497 e. The number of hydrogen-bond acceptors (Lipinski definition) is 5. The SMILES string of the molecule is COc1ccc(C(=O)c2sc(C(=O)c3ccc(OC)cc3)c(-c3ccc(C)cc3)c2-c2ccc(C)cc2)cc1.